The number of ether oxygens (including phenoxy) is 1. The molecule has 0 spiro atoms. The van der Waals surface area contributed by atoms with Crippen molar-refractivity contribution < 1.29 is 14.3 Å². The van der Waals surface area contributed by atoms with Crippen LogP contribution in [0.1, 0.15) is 38.1 Å². The van der Waals surface area contributed by atoms with Crippen LogP contribution in [0.25, 0.3) is 0 Å². The average molecular weight is 363 g/mol. The smallest absolute Gasteiger partial charge is 0.317 e. The van der Waals surface area contributed by atoms with Crippen LogP contribution in [0, 0.1) is 5.92 Å². The lowest BCUT2D eigenvalue weighted by Crippen LogP contribution is -2.47. The van der Waals surface area contributed by atoms with Gasteiger partial charge in [0, 0.05) is 32.7 Å². The largest absolute Gasteiger partial charge is 0.380 e. The number of likely N-dealkylation sites (tertiary alicyclic amines) is 1. The van der Waals surface area contributed by atoms with Crippen LogP contribution in [0.4, 0.5) is 4.79 Å². The van der Waals surface area contributed by atoms with E-state index in [0.29, 0.717) is 32.7 Å². The van der Waals surface area contributed by atoms with Gasteiger partial charge in [-0.15, -0.1) is 0 Å². The maximum atomic E-state index is 12.4. The molecule has 2 aliphatic rings. The Kier molecular flexibility index (Phi) is 5.80. The summed E-state index contributed by atoms with van der Waals surface area (Å²) in [6.45, 7) is 7.59. The van der Waals surface area contributed by atoms with E-state index in [2.05, 4.69) is 10.4 Å². The predicted octanol–water partition coefficient (Wildman–Crippen LogP) is 1.20. The van der Waals surface area contributed by atoms with Gasteiger partial charge in [0.25, 0.3) is 0 Å². The Balaban J connectivity index is 1.54. The lowest BCUT2D eigenvalue weighted by atomic mass is 10.1. The zero-order valence-electron chi connectivity index (χ0n) is 15.9. The molecular weight excluding hydrogens is 334 g/mol. The first-order chi connectivity index (χ1) is 12.5. The Morgan fingerprint density at radius 1 is 1.31 bits per heavy atom. The number of carbonyl (C=O) groups excluding carboxylic acids is 2. The van der Waals surface area contributed by atoms with Gasteiger partial charge in [-0.1, -0.05) is 13.8 Å². The van der Waals surface area contributed by atoms with Crippen molar-refractivity contribution in [3.63, 3.8) is 0 Å². The summed E-state index contributed by atoms with van der Waals surface area (Å²) in [5.74, 6) is 0.175. The molecule has 0 aliphatic carbocycles. The number of rotatable bonds is 4. The van der Waals surface area contributed by atoms with Gasteiger partial charge in [-0.25, -0.2) is 4.79 Å². The highest BCUT2D eigenvalue weighted by atomic mass is 16.5. The average Bonchev–Trinajstić information content (AvgIpc) is 3.07. The second-order valence-electron chi connectivity index (χ2n) is 7.37. The monoisotopic (exact) mass is 363 g/mol. The van der Waals surface area contributed by atoms with E-state index >= 15 is 0 Å². The zero-order valence-corrected chi connectivity index (χ0v) is 15.9. The minimum atomic E-state index is -0.0747. The molecule has 3 amide bonds. The summed E-state index contributed by atoms with van der Waals surface area (Å²) in [6, 6.07) is 1.91. The molecule has 26 heavy (non-hydrogen) atoms. The van der Waals surface area contributed by atoms with Gasteiger partial charge in [0.2, 0.25) is 5.91 Å². The number of nitrogens with zero attached hydrogens (tertiary/aromatic N) is 4. The summed E-state index contributed by atoms with van der Waals surface area (Å²) < 4.78 is 7.30. The maximum Gasteiger partial charge on any atom is 0.317 e. The lowest BCUT2D eigenvalue weighted by Gasteiger charge is -2.31. The Hall–Kier alpha value is -2.09. The molecule has 144 valence electrons. The Labute approximate surface area is 154 Å². The van der Waals surface area contributed by atoms with Crippen molar-refractivity contribution in [1.82, 2.24) is 24.9 Å². The third-order valence-electron chi connectivity index (χ3n) is 5.07. The van der Waals surface area contributed by atoms with Gasteiger partial charge in [-0.3, -0.25) is 9.48 Å². The highest BCUT2D eigenvalue weighted by molar-refractivity contribution is 5.78. The van der Waals surface area contributed by atoms with Gasteiger partial charge in [0.05, 0.1) is 37.1 Å². The maximum absolute atomic E-state index is 12.4. The number of fused-ring (bicyclic) bond motifs is 1. The van der Waals surface area contributed by atoms with Crippen LogP contribution in [-0.2, 0) is 29.2 Å². The van der Waals surface area contributed by atoms with Gasteiger partial charge >= 0.3 is 6.03 Å². The van der Waals surface area contributed by atoms with Gasteiger partial charge in [-0.05, 0) is 18.9 Å². The highest BCUT2D eigenvalue weighted by Gasteiger charge is 2.25. The number of aromatic nitrogens is 2. The quantitative estimate of drug-likeness (QED) is 0.872. The Morgan fingerprint density at radius 2 is 2.12 bits per heavy atom. The van der Waals surface area contributed by atoms with E-state index < -0.39 is 0 Å². The van der Waals surface area contributed by atoms with Gasteiger partial charge in [0.15, 0.2) is 0 Å². The molecule has 3 rings (SSSR count). The summed E-state index contributed by atoms with van der Waals surface area (Å²) >= 11 is 0. The first kappa shape index (κ1) is 18.7. The minimum absolute atomic E-state index is 0.00343. The molecule has 0 saturated carbocycles. The molecule has 1 atom stereocenters. The molecule has 0 bridgehead atoms. The molecule has 1 saturated heterocycles. The van der Waals surface area contributed by atoms with Crippen LogP contribution in [0.3, 0.4) is 0 Å². The third-order valence-corrected chi connectivity index (χ3v) is 5.07. The van der Waals surface area contributed by atoms with Gasteiger partial charge in [-0.2, -0.15) is 5.10 Å². The zero-order chi connectivity index (χ0) is 18.7. The van der Waals surface area contributed by atoms with Gasteiger partial charge in [0.1, 0.15) is 0 Å². The fourth-order valence-corrected chi connectivity index (χ4v) is 3.56. The molecule has 1 N–H and O–H groups in total. The number of urea groups is 1. The van der Waals surface area contributed by atoms with Crippen molar-refractivity contribution in [3.05, 3.63) is 17.5 Å². The number of methoxy groups -OCH3 is 1. The number of carbonyl (C=O) groups is 2. The second-order valence-corrected chi connectivity index (χ2v) is 7.37. The minimum Gasteiger partial charge on any atom is -0.380 e. The lowest BCUT2D eigenvalue weighted by molar-refractivity contribution is -0.136. The van der Waals surface area contributed by atoms with Crippen molar-refractivity contribution in [2.75, 3.05) is 26.7 Å². The predicted molar refractivity (Wildman–Crippen MR) is 96.3 cm³/mol. The molecule has 1 aromatic rings. The Bertz CT molecular complexity index is 657. The van der Waals surface area contributed by atoms with Crippen LogP contribution in [0.15, 0.2) is 6.07 Å². The molecular formula is C18H29N5O3. The van der Waals surface area contributed by atoms with E-state index in [1.165, 1.54) is 0 Å². The van der Waals surface area contributed by atoms with Gasteiger partial charge < -0.3 is 19.9 Å². The van der Waals surface area contributed by atoms with Crippen LogP contribution < -0.4 is 5.32 Å². The molecule has 0 aromatic carbocycles. The first-order valence-electron chi connectivity index (χ1n) is 9.38. The first-order valence-corrected chi connectivity index (χ1v) is 9.38. The van der Waals surface area contributed by atoms with Crippen molar-refractivity contribution in [3.8, 4) is 0 Å². The van der Waals surface area contributed by atoms with Crippen LogP contribution >= 0.6 is 0 Å². The van der Waals surface area contributed by atoms with E-state index in [1.807, 2.05) is 29.5 Å². The summed E-state index contributed by atoms with van der Waals surface area (Å²) in [4.78, 5) is 28.2. The number of amides is 3. The standard InChI is InChI=1S/C18H29N5O3/c1-13(2)17(24)21-7-8-23-15(11-21)9-14(20-23)10-19-18(25)22-6-4-5-16(12-22)26-3/h9,13,16H,4-8,10-12H2,1-3H3,(H,19,25)/t16-/m1/s1. The molecule has 1 aromatic heterocycles. The van der Waals surface area contributed by atoms with Crippen molar-refractivity contribution >= 4 is 11.9 Å². The third kappa shape index (κ3) is 4.17. The summed E-state index contributed by atoms with van der Waals surface area (Å²) in [5.41, 5.74) is 1.85. The molecule has 3 heterocycles. The normalized spacial score (nSPS) is 20.2. The van der Waals surface area contributed by atoms with E-state index in [1.54, 1.807) is 12.0 Å². The number of piperidine rings is 1. The topological polar surface area (TPSA) is 79.7 Å². The SMILES string of the molecule is CO[C@@H]1CCCN(C(=O)NCc2cc3n(n2)CCN(C(=O)C(C)C)C3)C1. The highest BCUT2D eigenvalue weighted by Crippen LogP contribution is 2.16. The molecule has 2 aliphatic heterocycles. The van der Waals surface area contributed by atoms with Crippen LogP contribution in [-0.4, -0.2) is 64.4 Å². The fraction of sp³-hybridized carbons (Fsp3) is 0.722. The molecule has 8 nitrogen and oxygen atoms in total. The number of nitrogens with one attached hydrogen (secondary N) is 1. The van der Waals surface area contributed by atoms with Crippen molar-refractivity contribution in [2.24, 2.45) is 5.92 Å². The van der Waals surface area contributed by atoms with Crippen LogP contribution in [0.2, 0.25) is 0 Å². The number of hydrogen-bond acceptors (Lipinski definition) is 4. The van der Waals surface area contributed by atoms with E-state index in [4.69, 9.17) is 4.74 Å². The number of hydrogen-bond donors (Lipinski definition) is 1. The second kappa shape index (κ2) is 8.07. The van der Waals surface area contributed by atoms with Crippen molar-refractivity contribution in [2.45, 2.75) is 52.4 Å². The van der Waals surface area contributed by atoms with E-state index in [0.717, 1.165) is 30.8 Å². The van der Waals surface area contributed by atoms with E-state index in [9.17, 15) is 9.59 Å². The molecule has 0 radical (unpaired) electrons. The fourth-order valence-electron chi connectivity index (χ4n) is 3.56. The van der Waals surface area contributed by atoms with E-state index in [-0.39, 0.29) is 24.0 Å². The summed E-state index contributed by atoms with van der Waals surface area (Å²) in [5, 5.41) is 7.51. The molecule has 0 unspecified atom stereocenters. The summed E-state index contributed by atoms with van der Waals surface area (Å²) in [7, 11) is 1.69. The molecule has 8 heteroatoms. The summed E-state index contributed by atoms with van der Waals surface area (Å²) in [6.07, 6.45) is 2.09. The van der Waals surface area contributed by atoms with Crippen LogP contribution in [0.5, 0.6) is 0 Å². The Morgan fingerprint density at radius 3 is 2.85 bits per heavy atom. The molecule has 1 fully saturated rings. The van der Waals surface area contributed by atoms with Crippen molar-refractivity contribution in [1.29, 1.82) is 0 Å².